The third-order valence-corrected chi connectivity index (χ3v) is 13.4. The predicted octanol–water partition coefficient (Wildman–Crippen LogP) is 1.50. The average molecular weight is 1550 g/mol. The molecule has 4 amide bonds. The summed E-state index contributed by atoms with van der Waals surface area (Å²) in [4.78, 5) is 74.4. The number of hydrogen-bond acceptors (Lipinski definition) is 32. The van der Waals surface area contributed by atoms with Gasteiger partial charge in [-0.2, -0.15) is 0 Å². The lowest BCUT2D eigenvalue weighted by atomic mass is 10.2. The fourth-order valence-corrected chi connectivity index (χ4v) is 8.26. The zero-order valence-corrected chi connectivity index (χ0v) is 65.2. The first-order valence-electron chi connectivity index (χ1n) is 37.4. The van der Waals surface area contributed by atoms with Crippen molar-refractivity contribution in [2.45, 2.75) is 78.4 Å². The molecule has 1 aliphatic rings. The van der Waals surface area contributed by atoms with E-state index in [-0.39, 0.29) is 75.8 Å². The van der Waals surface area contributed by atoms with Crippen LogP contribution in [-0.2, 0) is 152 Å². The van der Waals surface area contributed by atoms with Gasteiger partial charge in [0.2, 0.25) is 11.8 Å². The molecule has 1 aliphatic heterocycles. The molecule has 35 heteroatoms. The number of nitrogens with zero attached hydrogens (tertiary/aromatic N) is 2. The molecule has 0 aliphatic carbocycles. The van der Waals surface area contributed by atoms with Crippen molar-refractivity contribution in [2.75, 3.05) is 343 Å². The molecular formula is C72H133N3O32. The van der Waals surface area contributed by atoms with Crippen molar-refractivity contribution in [3.8, 4) is 0 Å². The van der Waals surface area contributed by atoms with Crippen molar-refractivity contribution in [3.63, 3.8) is 0 Å². The maximum Gasteiger partial charge on any atom is 0.308 e. The zero-order chi connectivity index (χ0) is 77.7. The second kappa shape index (κ2) is 75.8. The van der Waals surface area contributed by atoms with Gasteiger partial charge >= 0.3 is 11.9 Å². The highest BCUT2D eigenvalue weighted by Gasteiger charge is 2.24. The van der Waals surface area contributed by atoms with Crippen molar-refractivity contribution in [3.05, 3.63) is 12.2 Å². The molecule has 1 N–H and O–H groups in total. The second-order valence-electron chi connectivity index (χ2n) is 24.8. The highest BCUT2D eigenvalue weighted by molar-refractivity contribution is 6.13. The fourth-order valence-electron chi connectivity index (χ4n) is 8.26. The molecule has 0 fully saturated rings. The van der Waals surface area contributed by atoms with Crippen LogP contribution >= 0.6 is 0 Å². The molecule has 0 radical (unpaired) electrons. The average Bonchev–Trinajstić information content (AvgIpc) is 1.74. The molecule has 0 spiro atoms. The van der Waals surface area contributed by atoms with E-state index in [9.17, 15) is 28.8 Å². The Balaban J connectivity index is 2.11. The Morgan fingerprint density at radius 1 is 0.280 bits per heavy atom. The number of carbonyl (C=O) groups excluding carboxylic acids is 6. The van der Waals surface area contributed by atoms with E-state index in [0.717, 1.165) is 4.90 Å². The highest BCUT2D eigenvalue weighted by atomic mass is 16.6. The lowest BCUT2D eigenvalue weighted by molar-refractivity contribution is -0.157. The van der Waals surface area contributed by atoms with Crippen LogP contribution in [0.5, 0.6) is 0 Å². The Bertz CT molecular complexity index is 2000. The molecule has 1 rings (SSSR count). The van der Waals surface area contributed by atoms with E-state index >= 15 is 0 Å². The van der Waals surface area contributed by atoms with Gasteiger partial charge in [0.15, 0.2) is 0 Å². The molecule has 0 bridgehead atoms. The molecule has 35 nitrogen and oxygen atoms in total. The summed E-state index contributed by atoms with van der Waals surface area (Å²) in [6.45, 7) is 30.8. The Labute approximate surface area is 634 Å². The number of rotatable bonds is 84. The van der Waals surface area contributed by atoms with Crippen LogP contribution in [0.4, 0.5) is 0 Å². The standard InChI is InChI=1S/C72H133N3O32/c1-71(2,3)106-69(80)11-18-83-24-30-89-36-42-95-48-54-101-60-63-104-57-51-98-45-39-92-33-27-86-21-15-74(16-22-87-28-34-93-40-46-99-52-58-105-64-61-102-55-49-96-43-37-90-31-25-84-19-12-70(81)107-72(4,5)6)66(77)10-17-82-23-29-88-35-41-94-47-53-100-59-62-103-56-50-97-44-38-91-32-26-85-20-13-73-65(76)9-14-75-67(78)7-8-68(75)79/h7-8H,9-64H2,1-6H3,(H,73,76). The van der Waals surface area contributed by atoms with Crippen molar-refractivity contribution < 1.29 is 152 Å². The van der Waals surface area contributed by atoms with Gasteiger partial charge in [0.05, 0.1) is 336 Å². The maximum atomic E-state index is 13.3. The lowest BCUT2D eigenvalue weighted by Gasteiger charge is -2.23. The molecule has 0 aromatic carbocycles. The predicted molar refractivity (Wildman–Crippen MR) is 385 cm³/mol. The van der Waals surface area contributed by atoms with Gasteiger partial charge in [-0.1, -0.05) is 0 Å². The van der Waals surface area contributed by atoms with Gasteiger partial charge in [-0.05, 0) is 41.5 Å². The summed E-state index contributed by atoms with van der Waals surface area (Å²) in [5, 5.41) is 2.68. The van der Waals surface area contributed by atoms with Crippen molar-refractivity contribution in [1.29, 1.82) is 0 Å². The molecule has 628 valence electrons. The Morgan fingerprint density at radius 2 is 0.477 bits per heavy atom. The molecule has 0 unspecified atom stereocenters. The van der Waals surface area contributed by atoms with Gasteiger partial charge in [0, 0.05) is 44.8 Å². The van der Waals surface area contributed by atoms with Gasteiger partial charge < -0.3 is 133 Å². The van der Waals surface area contributed by atoms with Crippen LogP contribution in [-0.4, -0.2) is 400 Å². The van der Waals surface area contributed by atoms with Crippen molar-refractivity contribution in [1.82, 2.24) is 15.1 Å². The molecule has 0 saturated carbocycles. The van der Waals surface area contributed by atoms with E-state index in [2.05, 4.69) is 5.32 Å². The monoisotopic (exact) mass is 1550 g/mol. The zero-order valence-electron chi connectivity index (χ0n) is 65.2. The maximum absolute atomic E-state index is 13.3. The molecule has 0 aromatic rings. The van der Waals surface area contributed by atoms with Crippen LogP contribution < -0.4 is 5.32 Å². The van der Waals surface area contributed by atoms with Gasteiger partial charge in [-0.15, -0.1) is 0 Å². The summed E-state index contributed by atoms with van der Waals surface area (Å²) in [7, 11) is 0. The SMILES string of the molecule is CC(C)(C)OC(=O)CCOCCOCCOCCOCCOCCOCCOCCOCCN(CCOCCOCCOCCOCCOCCOCCOCCOCCC(=O)OC(C)(C)C)C(=O)CCOCCOCCOCCOCCOCCOCCOCCOCCNC(=O)CCN1C(=O)C=CC1=O. The molecular weight excluding hydrogens is 1420 g/mol. The van der Waals surface area contributed by atoms with Crippen molar-refractivity contribution in [2.24, 2.45) is 0 Å². The number of ether oxygens (including phenoxy) is 26. The van der Waals surface area contributed by atoms with E-state index in [1.54, 1.807) is 4.90 Å². The number of amides is 4. The fraction of sp³-hybridized carbons (Fsp3) is 0.889. The molecule has 0 atom stereocenters. The number of esters is 2. The summed E-state index contributed by atoms with van der Waals surface area (Å²) >= 11 is 0. The first kappa shape index (κ1) is 101. The largest absolute Gasteiger partial charge is 0.460 e. The summed E-state index contributed by atoms with van der Waals surface area (Å²) in [5.41, 5.74) is -1.01. The van der Waals surface area contributed by atoms with E-state index in [4.69, 9.17) is 123 Å². The number of hydrogen-bond donors (Lipinski definition) is 1. The van der Waals surface area contributed by atoms with E-state index in [1.807, 2.05) is 41.5 Å². The van der Waals surface area contributed by atoms with Crippen LogP contribution in [0.1, 0.15) is 67.2 Å². The summed E-state index contributed by atoms with van der Waals surface area (Å²) in [6, 6.07) is 0. The van der Waals surface area contributed by atoms with Crippen LogP contribution in [0.15, 0.2) is 12.2 Å². The first-order chi connectivity index (χ1) is 52.1. The topological polar surface area (TPSA) is 361 Å². The molecule has 1 heterocycles. The third-order valence-electron chi connectivity index (χ3n) is 13.4. The smallest absolute Gasteiger partial charge is 0.308 e. The summed E-state index contributed by atoms with van der Waals surface area (Å²) in [5.74, 6) is -1.76. The Kier molecular flexibility index (Phi) is 71.4. The highest BCUT2D eigenvalue weighted by Crippen LogP contribution is 2.10. The molecule has 107 heavy (non-hydrogen) atoms. The minimum atomic E-state index is -0.504. The molecule has 0 saturated heterocycles. The number of nitrogens with one attached hydrogen (secondary N) is 1. The normalized spacial score (nSPS) is 12.5. The van der Waals surface area contributed by atoms with E-state index < -0.39 is 23.0 Å². The van der Waals surface area contributed by atoms with Crippen LogP contribution in [0.2, 0.25) is 0 Å². The van der Waals surface area contributed by atoms with E-state index in [1.165, 1.54) is 12.2 Å². The van der Waals surface area contributed by atoms with Crippen molar-refractivity contribution >= 4 is 35.6 Å². The number of carbonyl (C=O) groups is 6. The summed E-state index contributed by atoms with van der Waals surface area (Å²) < 4.78 is 144. The van der Waals surface area contributed by atoms with Crippen LogP contribution in [0.3, 0.4) is 0 Å². The minimum Gasteiger partial charge on any atom is -0.460 e. The van der Waals surface area contributed by atoms with Crippen LogP contribution in [0.25, 0.3) is 0 Å². The quantitative estimate of drug-likeness (QED) is 0.0512. The first-order valence-corrected chi connectivity index (χ1v) is 37.4. The Hall–Kier alpha value is -4.20. The van der Waals surface area contributed by atoms with E-state index in [0.29, 0.717) is 317 Å². The lowest BCUT2D eigenvalue weighted by Crippen LogP contribution is -2.37. The number of imide groups is 1. The van der Waals surface area contributed by atoms with Gasteiger partial charge in [0.25, 0.3) is 11.8 Å². The van der Waals surface area contributed by atoms with Gasteiger partial charge in [-0.25, -0.2) is 0 Å². The minimum absolute atomic E-state index is 0.0309. The summed E-state index contributed by atoms with van der Waals surface area (Å²) in [6.07, 6.45) is 2.99. The van der Waals surface area contributed by atoms with Gasteiger partial charge in [0.1, 0.15) is 11.2 Å². The van der Waals surface area contributed by atoms with Gasteiger partial charge in [-0.3, -0.25) is 33.7 Å². The van der Waals surface area contributed by atoms with Crippen LogP contribution in [0, 0.1) is 0 Å². The molecule has 0 aromatic heterocycles. The Morgan fingerprint density at radius 3 is 0.701 bits per heavy atom. The third kappa shape index (κ3) is 75.6. The second-order valence-corrected chi connectivity index (χ2v) is 24.8.